The van der Waals surface area contributed by atoms with Crippen molar-refractivity contribution >= 4 is 47.3 Å². The number of fused-ring (bicyclic) bond motifs is 1. The van der Waals surface area contributed by atoms with E-state index in [1.807, 2.05) is 0 Å². The minimum Gasteiger partial charge on any atom is -0.481 e. The molecule has 34 heavy (non-hydrogen) atoms. The lowest BCUT2D eigenvalue weighted by atomic mass is 10.0. The van der Waals surface area contributed by atoms with Crippen LogP contribution in [0.15, 0.2) is 51.2 Å². The number of aliphatic hydroxyl groups excluding tert-OH is 1. The first-order valence-corrected chi connectivity index (χ1v) is 11.9. The van der Waals surface area contributed by atoms with Crippen LogP contribution in [0.2, 0.25) is 0 Å². The number of hydrogen-bond acceptors (Lipinski definition) is 10. The van der Waals surface area contributed by atoms with Gasteiger partial charge in [0.25, 0.3) is 17.0 Å². The topological polar surface area (TPSA) is 183 Å². The summed E-state index contributed by atoms with van der Waals surface area (Å²) in [6.07, 6.45) is -1.89. The number of thioether (sulfide) groups is 2. The number of benzene rings is 1. The second kappa shape index (κ2) is 9.87. The Labute approximate surface area is 200 Å². The van der Waals surface area contributed by atoms with Crippen molar-refractivity contribution in [2.24, 2.45) is 0 Å². The summed E-state index contributed by atoms with van der Waals surface area (Å²) in [6, 6.07) is 7.28. The lowest BCUT2D eigenvalue weighted by Crippen LogP contribution is -2.70. The van der Waals surface area contributed by atoms with Gasteiger partial charge in [0.2, 0.25) is 5.89 Å². The van der Waals surface area contributed by atoms with E-state index in [-0.39, 0.29) is 28.3 Å². The fraction of sp³-hybridized carbons (Fsp3) is 0.300. The Morgan fingerprint density at radius 1 is 1.24 bits per heavy atom. The second-order valence-corrected chi connectivity index (χ2v) is 9.32. The van der Waals surface area contributed by atoms with Crippen molar-refractivity contribution in [2.45, 2.75) is 29.2 Å². The number of β-lactam (4-membered cyclic amide) rings is 1. The minimum absolute atomic E-state index is 0.0743. The van der Waals surface area contributed by atoms with Gasteiger partial charge in [0.1, 0.15) is 23.5 Å². The van der Waals surface area contributed by atoms with Crippen molar-refractivity contribution in [3.05, 3.63) is 53.1 Å². The van der Waals surface area contributed by atoms with Crippen molar-refractivity contribution in [3.8, 4) is 0 Å². The van der Waals surface area contributed by atoms with E-state index in [1.54, 1.807) is 30.3 Å². The maximum Gasteiger partial charge on any atom is 0.352 e. The number of nitrogens with zero attached hydrogens (tertiary/aromatic N) is 3. The fourth-order valence-electron chi connectivity index (χ4n) is 3.46. The monoisotopic (exact) mass is 506 g/mol. The smallest absolute Gasteiger partial charge is 0.352 e. The Bertz CT molecular complexity index is 1170. The molecular weight excluding hydrogens is 488 g/mol. The van der Waals surface area contributed by atoms with Gasteiger partial charge in [-0.1, -0.05) is 42.1 Å². The molecule has 4 N–H and O–H groups in total. The molecule has 14 heteroatoms. The quantitative estimate of drug-likeness (QED) is 0.269. The van der Waals surface area contributed by atoms with Gasteiger partial charge in [-0.3, -0.25) is 19.3 Å². The molecular formula is C20H18N4O8S2. The molecule has 1 aromatic heterocycles. The summed E-state index contributed by atoms with van der Waals surface area (Å²) in [5.74, 6) is -3.43. The van der Waals surface area contributed by atoms with Gasteiger partial charge in [-0.15, -0.1) is 22.0 Å². The van der Waals surface area contributed by atoms with Crippen molar-refractivity contribution in [1.29, 1.82) is 0 Å². The van der Waals surface area contributed by atoms with Crippen LogP contribution in [0, 0.1) is 0 Å². The average molecular weight is 507 g/mol. The lowest BCUT2D eigenvalue weighted by molar-refractivity contribution is -0.151. The number of carboxylic acids is 2. The number of hydrogen-bond donors (Lipinski definition) is 4. The Morgan fingerprint density at radius 3 is 2.65 bits per heavy atom. The highest BCUT2D eigenvalue weighted by atomic mass is 32.2. The zero-order valence-electron chi connectivity index (χ0n) is 17.3. The standard InChI is InChI=1S/C20H18N4O8S2/c25-12(26)6-11-22-23-20(32-11)34-8-10-7-33-18-13(17(29)24(18)14(10)19(30)31)21-16(28)15(27)9-4-2-1-3-5-9/h1-5,13,15,18,27H,6-8H2,(H,21,28)(H,25,26)(H,30,31)/t13?,15-,18-/m1/s1. The van der Waals surface area contributed by atoms with Crippen LogP contribution in [0.1, 0.15) is 17.6 Å². The van der Waals surface area contributed by atoms with E-state index in [2.05, 4.69) is 15.5 Å². The van der Waals surface area contributed by atoms with Gasteiger partial charge in [-0.2, -0.15) is 0 Å². The summed E-state index contributed by atoms with van der Waals surface area (Å²) in [7, 11) is 0. The molecule has 3 heterocycles. The molecule has 2 aromatic rings. The summed E-state index contributed by atoms with van der Waals surface area (Å²) < 4.78 is 5.22. The van der Waals surface area contributed by atoms with Crippen LogP contribution in [0.4, 0.5) is 0 Å². The highest BCUT2D eigenvalue weighted by Crippen LogP contribution is 2.41. The SMILES string of the molecule is O=C(O)Cc1nnc(SCC2=C(C(=O)O)N3C(=O)C(NC(=O)[C@H](O)c4ccccc4)[C@H]3SC2)o1. The average Bonchev–Trinajstić information content (AvgIpc) is 3.26. The predicted octanol–water partition coefficient (Wildman–Crippen LogP) is 0.261. The fourth-order valence-corrected chi connectivity index (χ4v) is 5.72. The molecule has 2 amide bonds. The Morgan fingerprint density at radius 2 is 1.97 bits per heavy atom. The third kappa shape index (κ3) is 4.78. The first-order valence-electron chi connectivity index (χ1n) is 9.86. The van der Waals surface area contributed by atoms with E-state index in [4.69, 9.17) is 9.52 Å². The van der Waals surface area contributed by atoms with Crippen LogP contribution in [-0.4, -0.2) is 77.1 Å². The van der Waals surface area contributed by atoms with E-state index in [0.29, 0.717) is 11.1 Å². The van der Waals surface area contributed by atoms with E-state index in [0.717, 1.165) is 16.7 Å². The summed E-state index contributed by atoms with van der Waals surface area (Å²) >= 11 is 2.31. The van der Waals surface area contributed by atoms with Crippen LogP contribution in [0.5, 0.6) is 0 Å². The molecule has 1 unspecified atom stereocenters. The van der Waals surface area contributed by atoms with Gasteiger partial charge in [0.15, 0.2) is 6.10 Å². The highest BCUT2D eigenvalue weighted by molar-refractivity contribution is 8.01. The Kier molecular flexibility index (Phi) is 6.90. The highest BCUT2D eigenvalue weighted by Gasteiger charge is 2.54. The third-order valence-corrected chi connectivity index (χ3v) is 7.28. The number of aromatic nitrogens is 2. The lowest BCUT2D eigenvalue weighted by Gasteiger charge is -2.49. The number of carbonyl (C=O) groups is 4. The molecule has 3 atom stereocenters. The molecule has 1 fully saturated rings. The van der Waals surface area contributed by atoms with Crippen molar-refractivity contribution in [3.63, 3.8) is 0 Å². The molecule has 1 saturated heterocycles. The summed E-state index contributed by atoms with van der Waals surface area (Å²) in [4.78, 5) is 49.0. The van der Waals surface area contributed by atoms with Crippen LogP contribution >= 0.6 is 23.5 Å². The van der Waals surface area contributed by atoms with Gasteiger partial charge < -0.3 is 25.1 Å². The third-order valence-electron chi connectivity index (χ3n) is 5.03. The van der Waals surface area contributed by atoms with Gasteiger partial charge >= 0.3 is 11.9 Å². The largest absolute Gasteiger partial charge is 0.481 e. The van der Waals surface area contributed by atoms with Crippen molar-refractivity contribution in [1.82, 2.24) is 20.4 Å². The van der Waals surface area contributed by atoms with Gasteiger partial charge in [-0.05, 0) is 11.1 Å². The summed E-state index contributed by atoms with van der Waals surface area (Å²) in [5.41, 5.74) is 0.637. The molecule has 2 aliphatic heterocycles. The molecule has 1 aromatic carbocycles. The minimum atomic E-state index is -1.46. The van der Waals surface area contributed by atoms with Crippen molar-refractivity contribution < 1.29 is 38.9 Å². The van der Waals surface area contributed by atoms with E-state index >= 15 is 0 Å². The normalized spacial score (nSPS) is 20.4. The zero-order chi connectivity index (χ0) is 24.4. The molecule has 0 radical (unpaired) electrons. The van der Waals surface area contributed by atoms with Crippen molar-refractivity contribution in [2.75, 3.05) is 11.5 Å². The number of carbonyl (C=O) groups excluding carboxylic acids is 2. The molecule has 0 saturated carbocycles. The maximum atomic E-state index is 12.7. The molecule has 178 valence electrons. The number of rotatable bonds is 9. The number of aliphatic hydroxyl groups is 1. The maximum absolute atomic E-state index is 12.7. The van der Waals surface area contributed by atoms with E-state index < -0.39 is 47.7 Å². The van der Waals surface area contributed by atoms with E-state index in [9.17, 15) is 29.4 Å². The molecule has 4 rings (SSSR count). The first kappa shape index (κ1) is 23.8. The second-order valence-electron chi connectivity index (χ2n) is 7.29. The van der Waals surface area contributed by atoms with Crippen LogP contribution in [-0.2, 0) is 25.6 Å². The molecule has 0 bridgehead atoms. The van der Waals surface area contributed by atoms with Gasteiger partial charge in [-0.25, -0.2) is 4.79 Å². The predicted molar refractivity (Wildman–Crippen MR) is 117 cm³/mol. The molecule has 0 aliphatic carbocycles. The zero-order valence-corrected chi connectivity index (χ0v) is 18.9. The number of nitrogens with one attached hydrogen (secondary N) is 1. The first-order chi connectivity index (χ1) is 16.3. The van der Waals surface area contributed by atoms with Gasteiger partial charge in [0, 0.05) is 11.5 Å². The Hall–Kier alpha value is -3.36. The number of carboxylic acid groups (broad SMARTS) is 2. The van der Waals surface area contributed by atoms with Crippen LogP contribution < -0.4 is 5.32 Å². The van der Waals surface area contributed by atoms with Crippen LogP contribution in [0.25, 0.3) is 0 Å². The summed E-state index contributed by atoms with van der Waals surface area (Å²) in [6.45, 7) is 0. The number of aliphatic carboxylic acids is 2. The molecule has 0 spiro atoms. The Balaban J connectivity index is 1.43. The van der Waals surface area contributed by atoms with Crippen LogP contribution in [0.3, 0.4) is 0 Å². The molecule has 12 nitrogen and oxygen atoms in total. The van der Waals surface area contributed by atoms with Gasteiger partial charge in [0.05, 0.1) is 0 Å². The molecule has 2 aliphatic rings. The summed E-state index contributed by atoms with van der Waals surface area (Å²) in [5, 5.41) is 38.1. The number of amides is 2. The van der Waals surface area contributed by atoms with E-state index in [1.165, 1.54) is 11.8 Å².